The fraction of sp³-hybridized carbons (Fsp3) is 0.533. The Bertz CT molecular complexity index is 448. The van der Waals surface area contributed by atoms with Crippen molar-refractivity contribution in [1.29, 1.82) is 0 Å². The zero-order chi connectivity index (χ0) is 13.2. The van der Waals surface area contributed by atoms with Gasteiger partial charge < -0.3 is 4.74 Å². The van der Waals surface area contributed by atoms with Crippen LogP contribution in [0.5, 0.6) is 5.75 Å². The molecule has 1 heterocycles. The fourth-order valence-electron chi connectivity index (χ4n) is 2.78. The third kappa shape index (κ3) is 2.61. The molecule has 0 radical (unpaired) electrons. The highest BCUT2D eigenvalue weighted by atomic mass is 79.9. The van der Waals surface area contributed by atoms with Gasteiger partial charge in [-0.1, -0.05) is 42.6 Å². The largest absolute Gasteiger partial charge is 0.486 e. The van der Waals surface area contributed by atoms with Gasteiger partial charge in [0.15, 0.2) is 5.78 Å². The molecule has 3 heteroatoms. The SMILES string of the molecule is CCCC1(CCC)CC(=O)c2cc(Br)ccc2O1. The number of rotatable bonds is 4. The van der Waals surface area contributed by atoms with Crippen molar-refractivity contribution in [2.45, 2.75) is 51.6 Å². The van der Waals surface area contributed by atoms with Gasteiger partial charge in [-0.15, -0.1) is 0 Å². The highest BCUT2D eigenvalue weighted by Crippen LogP contribution is 2.39. The summed E-state index contributed by atoms with van der Waals surface area (Å²) < 4.78 is 7.11. The van der Waals surface area contributed by atoms with E-state index in [4.69, 9.17) is 4.74 Å². The maximum atomic E-state index is 12.3. The van der Waals surface area contributed by atoms with E-state index in [-0.39, 0.29) is 11.4 Å². The lowest BCUT2D eigenvalue weighted by Gasteiger charge is -2.38. The van der Waals surface area contributed by atoms with Gasteiger partial charge in [-0.3, -0.25) is 4.79 Å². The van der Waals surface area contributed by atoms with Crippen molar-refractivity contribution in [1.82, 2.24) is 0 Å². The number of Topliss-reactive ketones (excluding diaryl/α,β-unsaturated/α-hetero) is 1. The number of halogens is 1. The van der Waals surface area contributed by atoms with Gasteiger partial charge in [-0.2, -0.15) is 0 Å². The maximum Gasteiger partial charge on any atom is 0.170 e. The lowest BCUT2D eigenvalue weighted by molar-refractivity contribution is 0.0271. The number of ketones is 1. The molecule has 0 fully saturated rings. The smallest absolute Gasteiger partial charge is 0.170 e. The predicted octanol–water partition coefficient (Wildman–Crippen LogP) is 4.75. The molecule has 1 aromatic carbocycles. The van der Waals surface area contributed by atoms with Crippen molar-refractivity contribution in [2.24, 2.45) is 0 Å². The molecule has 2 nitrogen and oxygen atoms in total. The van der Waals surface area contributed by atoms with Crippen molar-refractivity contribution in [3.63, 3.8) is 0 Å². The molecule has 0 aromatic heterocycles. The minimum Gasteiger partial charge on any atom is -0.486 e. The van der Waals surface area contributed by atoms with E-state index >= 15 is 0 Å². The van der Waals surface area contributed by atoms with Crippen molar-refractivity contribution in [3.05, 3.63) is 28.2 Å². The molecule has 0 atom stereocenters. The van der Waals surface area contributed by atoms with Crippen LogP contribution in [0.1, 0.15) is 56.3 Å². The average Bonchev–Trinajstić information content (AvgIpc) is 2.31. The molecule has 0 amide bonds. The molecular formula is C15H19BrO2. The van der Waals surface area contributed by atoms with E-state index in [2.05, 4.69) is 29.8 Å². The van der Waals surface area contributed by atoms with Crippen LogP contribution in [0.15, 0.2) is 22.7 Å². The average molecular weight is 311 g/mol. The molecule has 0 aliphatic carbocycles. The van der Waals surface area contributed by atoms with Crippen LogP contribution >= 0.6 is 15.9 Å². The first-order valence-corrected chi connectivity index (χ1v) is 7.41. The third-order valence-corrected chi connectivity index (χ3v) is 3.96. The van der Waals surface area contributed by atoms with E-state index in [1.165, 1.54) is 0 Å². The van der Waals surface area contributed by atoms with Gasteiger partial charge in [-0.25, -0.2) is 0 Å². The number of hydrogen-bond donors (Lipinski definition) is 0. The fourth-order valence-corrected chi connectivity index (χ4v) is 3.14. The first kappa shape index (κ1) is 13.6. The molecule has 1 aliphatic rings. The van der Waals surface area contributed by atoms with E-state index in [1.54, 1.807) is 0 Å². The van der Waals surface area contributed by atoms with Gasteiger partial charge in [0, 0.05) is 4.47 Å². The second kappa shape index (κ2) is 5.43. The highest BCUT2D eigenvalue weighted by Gasteiger charge is 2.38. The zero-order valence-electron chi connectivity index (χ0n) is 11.0. The summed E-state index contributed by atoms with van der Waals surface area (Å²) >= 11 is 3.40. The molecular weight excluding hydrogens is 292 g/mol. The number of benzene rings is 1. The minimum absolute atomic E-state index is 0.208. The Morgan fingerprint density at radius 1 is 1.28 bits per heavy atom. The summed E-state index contributed by atoms with van der Waals surface area (Å²) in [6.45, 7) is 4.28. The van der Waals surface area contributed by atoms with Crippen LogP contribution in [-0.4, -0.2) is 11.4 Å². The first-order valence-electron chi connectivity index (χ1n) is 6.62. The van der Waals surface area contributed by atoms with Crippen molar-refractivity contribution in [2.75, 3.05) is 0 Å². The molecule has 2 rings (SSSR count). The molecule has 98 valence electrons. The Morgan fingerprint density at radius 2 is 1.94 bits per heavy atom. The molecule has 1 aromatic rings. The summed E-state index contributed by atoms with van der Waals surface area (Å²) in [6.07, 6.45) is 4.49. The van der Waals surface area contributed by atoms with Gasteiger partial charge in [0.1, 0.15) is 11.4 Å². The summed E-state index contributed by atoms with van der Waals surface area (Å²) in [5.41, 5.74) is 0.439. The van der Waals surface area contributed by atoms with Crippen LogP contribution in [0.2, 0.25) is 0 Å². The van der Waals surface area contributed by atoms with Gasteiger partial charge >= 0.3 is 0 Å². The number of carbonyl (C=O) groups excluding carboxylic acids is 1. The third-order valence-electron chi connectivity index (χ3n) is 3.46. The van der Waals surface area contributed by atoms with Crippen molar-refractivity contribution in [3.8, 4) is 5.75 Å². The minimum atomic E-state index is -0.276. The van der Waals surface area contributed by atoms with E-state index < -0.39 is 0 Å². The molecule has 1 aliphatic heterocycles. The lowest BCUT2D eigenvalue weighted by Crippen LogP contribution is -2.41. The van der Waals surface area contributed by atoms with Gasteiger partial charge in [0.25, 0.3) is 0 Å². The van der Waals surface area contributed by atoms with Crippen molar-refractivity contribution >= 4 is 21.7 Å². The van der Waals surface area contributed by atoms with Gasteiger partial charge in [0.2, 0.25) is 0 Å². The summed E-state index contributed by atoms with van der Waals surface area (Å²) in [4.78, 5) is 12.3. The van der Waals surface area contributed by atoms with Crippen molar-refractivity contribution < 1.29 is 9.53 Å². The maximum absolute atomic E-state index is 12.3. The van der Waals surface area contributed by atoms with Gasteiger partial charge in [-0.05, 0) is 31.0 Å². The quantitative estimate of drug-likeness (QED) is 0.802. The summed E-state index contributed by atoms with van der Waals surface area (Å²) in [5, 5.41) is 0. The standard InChI is InChI=1S/C15H19BrO2/c1-3-7-15(8-4-2)10-13(17)12-9-11(16)5-6-14(12)18-15/h5-6,9H,3-4,7-8,10H2,1-2H3. The Kier molecular flexibility index (Phi) is 4.10. The molecule has 0 N–H and O–H groups in total. The predicted molar refractivity (Wildman–Crippen MR) is 76.3 cm³/mol. The van der Waals surface area contributed by atoms with Crippen LogP contribution in [0.25, 0.3) is 0 Å². The highest BCUT2D eigenvalue weighted by molar-refractivity contribution is 9.10. The van der Waals surface area contributed by atoms with Crippen LogP contribution in [0, 0.1) is 0 Å². The molecule has 0 saturated heterocycles. The van der Waals surface area contributed by atoms with E-state index in [9.17, 15) is 4.79 Å². The summed E-state index contributed by atoms with van der Waals surface area (Å²) in [5.74, 6) is 0.954. The van der Waals surface area contributed by atoms with E-state index in [0.29, 0.717) is 12.0 Å². The topological polar surface area (TPSA) is 26.3 Å². The number of fused-ring (bicyclic) bond motifs is 1. The Balaban J connectivity index is 2.36. The van der Waals surface area contributed by atoms with Gasteiger partial charge in [0.05, 0.1) is 12.0 Å². The summed E-state index contributed by atoms with van der Waals surface area (Å²) in [6, 6.07) is 5.69. The number of ether oxygens (including phenoxy) is 1. The second-order valence-corrected chi connectivity index (χ2v) is 5.94. The Labute approximate surface area is 117 Å². The molecule has 0 unspecified atom stereocenters. The number of hydrogen-bond acceptors (Lipinski definition) is 2. The zero-order valence-corrected chi connectivity index (χ0v) is 12.5. The molecule has 18 heavy (non-hydrogen) atoms. The second-order valence-electron chi connectivity index (χ2n) is 5.03. The Hall–Kier alpha value is -0.830. The van der Waals surface area contributed by atoms with Crippen LogP contribution in [-0.2, 0) is 0 Å². The van der Waals surface area contributed by atoms with E-state index in [1.807, 2.05) is 18.2 Å². The molecule has 0 bridgehead atoms. The van der Waals surface area contributed by atoms with E-state index in [0.717, 1.165) is 35.9 Å². The number of carbonyl (C=O) groups is 1. The lowest BCUT2D eigenvalue weighted by atomic mass is 9.83. The first-order chi connectivity index (χ1) is 8.60. The summed E-state index contributed by atoms with van der Waals surface area (Å²) in [7, 11) is 0. The monoisotopic (exact) mass is 310 g/mol. The molecule has 0 spiro atoms. The van der Waals surface area contributed by atoms with Crippen LogP contribution in [0.4, 0.5) is 0 Å². The van der Waals surface area contributed by atoms with Crippen LogP contribution in [0.3, 0.4) is 0 Å². The molecule has 0 saturated carbocycles. The van der Waals surface area contributed by atoms with Crippen LogP contribution < -0.4 is 4.74 Å². The Morgan fingerprint density at radius 3 is 2.56 bits per heavy atom. The normalized spacial score (nSPS) is 17.2.